The fourth-order valence-electron chi connectivity index (χ4n) is 1.68. The maximum absolute atomic E-state index is 12.0. The number of terminal acetylenes is 1. The van der Waals surface area contributed by atoms with E-state index in [4.69, 9.17) is 10.8 Å². The zero-order valence-corrected chi connectivity index (χ0v) is 11.4. The van der Waals surface area contributed by atoms with Crippen LogP contribution < -0.4 is 10.6 Å². The Hall–Kier alpha value is -3.00. The van der Waals surface area contributed by atoms with E-state index in [9.17, 15) is 9.59 Å². The molecule has 2 amide bonds. The minimum absolute atomic E-state index is 0.332. The van der Waals surface area contributed by atoms with E-state index in [1.807, 2.05) is 0 Å². The zero-order valence-electron chi connectivity index (χ0n) is 11.4. The summed E-state index contributed by atoms with van der Waals surface area (Å²) in [6, 6.07) is 7.75. The number of furan rings is 1. The van der Waals surface area contributed by atoms with Gasteiger partial charge in [0.1, 0.15) is 12.3 Å². The number of anilines is 1. The van der Waals surface area contributed by atoms with Gasteiger partial charge in [-0.3, -0.25) is 9.59 Å². The summed E-state index contributed by atoms with van der Waals surface area (Å²) in [6.07, 6.45) is 8.01. The molecule has 0 aliphatic rings. The number of hydrogen-bond acceptors (Lipinski definition) is 3. The van der Waals surface area contributed by atoms with Gasteiger partial charge in [-0.25, -0.2) is 0 Å². The molecule has 1 aromatic heterocycles. The summed E-state index contributed by atoms with van der Waals surface area (Å²) >= 11 is 0. The predicted molar refractivity (Wildman–Crippen MR) is 78.6 cm³/mol. The largest absolute Gasteiger partial charge is 0.472 e. The van der Waals surface area contributed by atoms with Gasteiger partial charge in [0, 0.05) is 11.3 Å². The SMILES string of the molecule is C#Cc1cccc(NC(=O)C(C)NC(=O)c2ccoc2)c1. The molecule has 5 heteroatoms. The Morgan fingerprint density at radius 3 is 2.81 bits per heavy atom. The summed E-state index contributed by atoms with van der Waals surface area (Å²) in [4.78, 5) is 23.8. The normalized spacial score (nSPS) is 11.2. The van der Waals surface area contributed by atoms with Gasteiger partial charge < -0.3 is 15.1 Å². The van der Waals surface area contributed by atoms with Crippen LogP contribution in [0.25, 0.3) is 0 Å². The molecule has 0 aliphatic carbocycles. The first-order valence-corrected chi connectivity index (χ1v) is 6.31. The molecule has 2 aromatic rings. The first kappa shape index (κ1) is 14.4. The smallest absolute Gasteiger partial charge is 0.255 e. The van der Waals surface area contributed by atoms with Gasteiger partial charge in [0.05, 0.1) is 11.8 Å². The van der Waals surface area contributed by atoms with Crippen molar-refractivity contribution in [3.63, 3.8) is 0 Å². The summed E-state index contributed by atoms with van der Waals surface area (Å²) in [5, 5.41) is 5.27. The second-order valence-electron chi connectivity index (χ2n) is 4.42. The van der Waals surface area contributed by atoms with Crippen molar-refractivity contribution in [2.45, 2.75) is 13.0 Å². The Balaban J connectivity index is 1.96. The molecule has 2 N–H and O–H groups in total. The van der Waals surface area contributed by atoms with E-state index < -0.39 is 6.04 Å². The van der Waals surface area contributed by atoms with Crippen molar-refractivity contribution in [3.8, 4) is 12.3 Å². The van der Waals surface area contributed by atoms with E-state index in [1.54, 1.807) is 31.2 Å². The zero-order chi connectivity index (χ0) is 15.2. The van der Waals surface area contributed by atoms with Crippen LogP contribution >= 0.6 is 0 Å². The minimum atomic E-state index is -0.693. The van der Waals surface area contributed by atoms with Gasteiger partial charge >= 0.3 is 0 Å². The summed E-state index contributed by atoms with van der Waals surface area (Å²) < 4.78 is 4.82. The molecule has 0 spiro atoms. The molecule has 0 aliphatic heterocycles. The molecule has 0 fully saturated rings. The number of amides is 2. The number of benzene rings is 1. The van der Waals surface area contributed by atoms with Gasteiger partial charge in [-0.15, -0.1) is 6.42 Å². The first-order valence-electron chi connectivity index (χ1n) is 6.31. The third kappa shape index (κ3) is 3.74. The lowest BCUT2D eigenvalue weighted by Gasteiger charge is -2.13. The molecule has 1 unspecified atom stereocenters. The molecule has 0 saturated carbocycles. The lowest BCUT2D eigenvalue weighted by Crippen LogP contribution is -2.41. The van der Waals surface area contributed by atoms with Crippen LogP contribution in [0.1, 0.15) is 22.8 Å². The van der Waals surface area contributed by atoms with E-state index >= 15 is 0 Å². The van der Waals surface area contributed by atoms with Crippen molar-refractivity contribution in [1.29, 1.82) is 0 Å². The maximum atomic E-state index is 12.0. The van der Waals surface area contributed by atoms with Gasteiger partial charge in [0.2, 0.25) is 5.91 Å². The second kappa shape index (κ2) is 6.44. The van der Waals surface area contributed by atoms with Crippen LogP contribution in [-0.4, -0.2) is 17.9 Å². The van der Waals surface area contributed by atoms with Gasteiger partial charge in [0.15, 0.2) is 0 Å². The molecule has 106 valence electrons. The Morgan fingerprint density at radius 1 is 1.33 bits per heavy atom. The molecule has 2 rings (SSSR count). The van der Waals surface area contributed by atoms with Crippen molar-refractivity contribution in [2.24, 2.45) is 0 Å². The highest BCUT2D eigenvalue weighted by molar-refractivity contribution is 6.00. The lowest BCUT2D eigenvalue weighted by molar-refractivity contribution is -0.117. The highest BCUT2D eigenvalue weighted by Gasteiger charge is 2.17. The summed E-state index contributed by atoms with van der Waals surface area (Å²) in [5.74, 6) is 1.79. The van der Waals surface area contributed by atoms with Crippen molar-refractivity contribution < 1.29 is 14.0 Å². The average Bonchev–Trinajstić information content (AvgIpc) is 3.01. The van der Waals surface area contributed by atoms with Crippen LogP contribution in [0.15, 0.2) is 47.3 Å². The molecule has 0 radical (unpaired) electrons. The predicted octanol–water partition coefficient (Wildman–Crippen LogP) is 2.02. The highest BCUT2D eigenvalue weighted by Crippen LogP contribution is 2.10. The van der Waals surface area contributed by atoms with E-state index in [1.165, 1.54) is 18.6 Å². The van der Waals surface area contributed by atoms with Gasteiger partial charge in [-0.05, 0) is 31.2 Å². The van der Waals surface area contributed by atoms with Crippen LogP contribution in [0.3, 0.4) is 0 Å². The van der Waals surface area contributed by atoms with Crippen molar-refractivity contribution in [2.75, 3.05) is 5.32 Å². The fourth-order valence-corrected chi connectivity index (χ4v) is 1.68. The Morgan fingerprint density at radius 2 is 2.14 bits per heavy atom. The summed E-state index contributed by atoms with van der Waals surface area (Å²) in [7, 11) is 0. The second-order valence-corrected chi connectivity index (χ2v) is 4.42. The van der Waals surface area contributed by atoms with E-state index in [-0.39, 0.29) is 11.8 Å². The Kier molecular flexibility index (Phi) is 4.42. The van der Waals surface area contributed by atoms with Crippen LogP contribution in [0.5, 0.6) is 0 Å². The Labute approximate surface area is 122 Å². The van der Waals surface area contributed by atoms with Crippen LogP contribution in [0.4, 0.5) is 5.69 Å². The van der Waals surface area contributed by atoms with Crippen molar-refractivity contribution in [1.82, 2.24) is 5.32 Å². The topological polar surface area (TPSA) is 71.3 Å². The first-order chi connectivity index (χ1) is 10.1. The highest BCUT2D eigenvalue weighted by atomic mass is 16.3. The minimum Gasteiger partial charge on any atom is -0.472 e. The third-order valence-electron chi connectivity index (χ3n) is 2.82. The number of carbonyl (C=O) groups excluding carboxylic acids is 2. The third-order valence-corrected chi connectivity index (χ3v) is 2.82. The molecule has 1 aromatic carbocycles. The van der Waals surface area contributed by atoms with Crippen LogP contribution in [0, 0.1) is 12.3 Å². The van der Waals surface area contributed by atoms with Crippen molar-refractivity contribution >= 4 is 17.5 Å². The summed E-state index contributed by atoms with van der Waals surface area (Å²) in [6.45, 7) is 1.60. The van der Waals surface area contributed by atoms with Crippen LogP contribution in [0.2, 0.25) is 0 Å². The number of carbonyl (C=O) groups is 2. The van der Waals surface area contributed by atoms with E-state index in [2.05, 4.69) is 16.6 Å². The number of nitrogens with one attached hydrogen (secondary N) is 2. The molecule has 21 heavy (non-hydrogen) atoms. The van der Waals surface area contributed by atoms with E-state index in [0.717, 1.165) is 0 Å². The molecule has 5 nitrogen and oxygen atoms in total. The molecular weight excluding hydrogens is 268 g/mol. The molecular formula is C16H14N2O3. The fraction of sp³-hybridized carbons (Fsp3) is 0.125. The average molecular weight is 282 g/mol. The maximum Gasteiger partial charge on any atom is 0.255 e. The van der Waals surface area contributed by atoms with Crippen LogP contribution in [-0.2, 0) is 4.79 Å². The monoisotopic (exact) mass is 282 g/mol. The van der Waals surface area contributed by atoms with Crippen molar-refractivity contribution in [3.05, 3.63) is 54.0 Å². The molecule has 0 bridgehead atoms. The Bertz CT molecular complexity index is 684. The summed E-state index contributed by atoms with van der Waals surface area (Å²) in [5.41, 5.74) is 1.62. The lowest BCUT2D eigenvalue weighted by atomic mass is 10.2. The number of rotatable bonds is 4. The van der Waals surface area contributed by atoms with Gasteiger partial charge in [0.25, 0.3) is 5.91 Å². The van der Waals surface area contributed by atoms with E-state index in [0.29, 0.717) is 16.8 Å². The molecule has 1 atom stereocenters. The van der Waals surface area contributed by atoms with Gasteiger partial charge in [-0.2, -0.15) is 0 Å². The molecule has 0 saturated heterocycles. The number of hydrogen-bond donors (Lipinski definition) is 2. The molecule has 1 heterocycles. The standard InChI is InChI=1S/C16H14N2O3/c1-3-12-5-4-6-14(9-12)18-15(19)11(2)17-16(20)13-7-8-21-10-13/h1,4-11H,2H3,(H,17,20)(H,18,19). The van der Waals surface area contributed by atoms with Gasteiger partial charge in [-0.1, -0.05) is 12.0 Å². The quantitative estimate of drug-likeness (QED) is 0.843.